The fourth-order valence-electron chi connectivity index (χ4n) is 4.02. The third kappa shape index (κ3) is 4.93. The van der Waals surface area contributed by atoms with Crippen molar-refractivity contribution in [1.82, 2.24) is 14.7 Å². The van der Waals surface area contributed by atoms with Crippen LogP contribution in [0.25, 0.3) is 0 Å². The lowest BCUT2D eigenvalue weighted by Gasteiger charge is -2.37. The van der Waals surface area contributed by atoms with Gasteiger partial charge in [0.2, 0.25) is 11.8 Å². The van der Waals surface area contributed by atoms with Gasteiger partial charge in [-0.3, -0.25) is 14.5 Å². The van der Waals surface area contributed by atoms with Crippen molar-refractivity contribution in [2.24, 2.45) is 5.92 Å². The summed E-state index contributed by atoms with van der Waals surface area (Å²) in [4.78, 5) is 30.9. The van der Waals surface area contributed by atoms with Crippen molar-refractivity contribution in [3.05, 3.63) is 0 Å². The molecule has 3 fully saturated rings. The summed E-state index contributed by atoms with van der Waals surface area (Å²) in [5.41, 5.74) is 0. The summed E-state index contributed by atoms with van der Waals surface area (Å²) in [6, 6.07) is 0. The lowest BCUT2D eigenvalue weighted by molar-refractivity contribution is -0.141. The number of hydrogen-bond donors (Lipinski definition) is 0. The Morgan fingerprint density at radius 1 is 0.792 bits per heavy atom. The van der Waals surface area contributed by atoms with Crippen molar-refractivity contribution in [3.8, 4) is 0 Å². The molecular weight excluding hydrogens is 306 g/mol. The molecule has 2 heterocycles. The van der Waals surface area contributed by atoms with E-state index in [4.69, 9.17) is 4.74 Å². The molecule has 0 radical (unpaired) electrons. The molecule has 3 aliphatic rings. The van der Waals surface area contributed by atoms with Gasteiger partial charge in [-0.2, -0.15) is 0 Å². The maximum absolute atomic E-state index is 12.5. The average Bonchev–Trinajstić information content (AvgIpc) is 2.63. The van der Waals surface area contributed by atoms with E-state index >= 15 is 0 Å². The van der Waals surface area contributed by atoms with Gasteiger partial charge in [0.25, 0.3) is 0 Å². The topological polar surface area (TPSA) is 53.1 Å². The second kappa shape index (κ2) is 8.81. The van der Waals surface area contributed by atoms with E-state index in [-0.39, 0.29) is 5.91 Å². The van der Waals surface area contributed by atoms with Crippen molar-refractivity contribution < 1.29 is 14.3 Å². The quantitative estimate of drug-likeness (QED) is 0.767. The third-order valence-corrected chi connectivity index (χ3v) is 5.64. The number of carbonyl (C=O) groups is 2. The van der Waals surface area contributed by atoms with Crippen molar-refractivity contribution in [3.63, 3.8) is 0 Å². The smallest absolute Gasteiger partial charge is 0.236 e. The van der Waals surface area contributed by atoms with Crippen LogP contribution in [0.5, 0.6) is 0 Å². The summed E-state index contributed by atoms with van der Waals surface area (Å²) in [5, 5.41) is 0. The predicted molar refractivity (Wildman–Crippen MR) is 91.6 cm³/mol. The molecule has 6 heteroatoms. The first kappa shape index (κ1) is 17.7. The van der Waals surface area contributed by atoms with Crippen LogP contribution in [0.15, 0.2) is 0 Å². The zero-order valence-electron chi connectivity index (χ0n) is 14.8. The van der Waals surface area contributed by atoms with E-state index in [1.807, 2.05) is 9.80 Å². The van der Waals surface area contributed by atoms with E-state index in [1.165, 1.54) is 32.1 Å². The van der Waals surface area contributed by atoms with Crippen molar-refractivity contribution >= 4 is 11.8 Å². The van der Waals surface area contributed by atoms with Crippen LogP contribution in [0.4, 0.5) is 0 Å². The Kier molecular flexibility index (Phi) is 6.49. The first-order valence-corrected chi connectivity index (χ1v) is 9.58. The molecule has 24 heavy (non-hydrogen) atoms. The van der Waals surface area contributed by atoms with Gasteiger partial charge in [0.15, 0.2) is 0 Å². The summed E-state index contributed by atoms with van der Waals surface area (Å²) in [5.74, 6) is 1.07. The molecule has 0 atom stereocenters. The van der Waals surface area contributed by atoms with Crippen molar-refractivity contribution in [1.29, 1.82) is 0 Å². The molecule has 0 spiro atoms. The monoisotopic (exact) mass is 337 g/mol. The molecule has 2 aliphatic heterocycles. The lowest BCUT2D eigenvalue weighted by atomic mass is 9.86. The minimum absolute atomic E-state index is 0.191. The maximum atomic E-state index is 12.5. The molecule has 1 aliphatic carbocycles. The molecule has 2 amide bonds. The number of piperazine rings is 1. The van der Waals surface area contributed by atoms with E-state index in [2.05, 4.69) is 4.90 Å². The number of nitrogens with zero attached hydrogens (tertiary/aromatic N) is 3. The van der Waals surface area contributed by atoms with E-state index in [0.29, 0.717) is 51.0 Å². The van der Waals surface area contributed by atoms with Gasteiger partial charge in [0.1, 0.15) is 0 Å². The number of ether oxygens (including phenoxy) is 1. The molecule has 0 aromatic carbocycles. The average molecular weight is 337 g/mol. The van der Waals surface area contributed by atoms with E-state index in [1.54, 1.807) is 0 Å². The molecule has 0 unspecified atom stereocenters. The molecule has 6 nitrogen and oxygen atoms in total. The Balaban J connectivity index is 1.38. The van der Waals surface area contributed by atoms with Crippen LogP contribution < -0.4 is 0 Å². The summed E-state index contributed by atoms with van der Waals surface area (Å²) in [6.45, 7) is 6.35. The van der Waals surface area contributed by atoms with E-state index in [9.17, 15) is 9.59 Å². The van der Waals surface area contributed by atoms with Gasteiger partial charge < -0.3 is 14.5 Å². The van der Waals surface area contributed by atoms with Crippen LogP contribution in [0, 0.1) is 5.92 Å². The van der Waals surface area contributed by atoms with E-state index in [0.717, 1.165) is 26.3 Å². The Hall–Kier alpha value is -1.14. The molecule has 2 saturated heterocycles. The highest BCUT2D eigenvalue weighted by Crippen LogP contribution is 2.27. The number of morpholine rings is 1. The number of carbonyl (C=O) groups excluding carboxylic acids is 2. The third-order valence-electron chi connectivity index (χ3n) is 5.64. The zero-order chi connectivity index (χ0) is 16.8. The molecule has 1 saturated carbocycles. The molecule has 0 bridgehead atoms. The lowest BCUT2D eigenvalue weighted by Crippen LogP contribution is -2.53. The van der Waals surface area contributed by atoms with Crippen LogP contribution in [-0.2, 0) is 14.3 Å². The second-order valence-electron chi connectivity index (χ2n) is 7.36. The summed E-state index contributed by atoms with van der Waals surface area (Å²) in [7, 11) is 0. The second-order valence-corrected chi connectivity index (χ2v) is 7.36. The summed E-state index contributed by atoms with van der Waals surface area (Å²) < 4.78 is 5.32. The highest BCUT2D eigenvalue weighted by molar-refractivity contribution is 5.79. The predicted octanol–water partition coefficient (Wildman–Crippen LogP) is 0.960. The highest BCUT2D eigenvalue weighted by atomic mass is 16.5. The van der Waals surface area contributed by atoms with Gasteiger partial charge in [-0.05, 0) is 18.8 Å². The Morgan fingerprint density at radius 3 is 2.00 bits per heavy atom. The van der Waals surface area contributed by atoms with Gasteiger partial charge in [0, 0.05) is 45.7 Å². The first-order valence-electron chi connectivity index (χ1n) is 9.58. The van der Waals surface area contributed by atoms with Gasteiger partial charge in [-0.1, -0.05) is 19.3 Å². The van der Waals surface area contributed by atoms with Gasteiger partial charge >= 0.3 is 0 Å². The minimum Gasteiger partial charge on any atom is -0.379 e. The summed E-state index contributed by atoms with van der Waals surface area (Å²) >= 11 is 0. The minimum atomic E-state index is 0.191. The van der Waals surface area contributed by atoms with Gasteiger partial charge in [-0.25, -0.2) is 0 Å². The van der Waals surface area contributed by atoms with Crippen molar-refractivity contribution in [2.45, 2.75) is 38.5 Å². The SMILES string of the molecule is O=C(CC1CCCCC1)N1CCN(C(=O)CN2CCOCC2)CC1. The van der Waals surface area contributed by atoms with Crippen LogP contribution in [0.2, 0.25) is 0 Å². The molecule has 0 aromatic rings. The number of rotatable bonds is 4. The van der Waals surface area contributed by atoms with Crippen molar-refractivity contribution in [2.75, 3.05) is 59.0 Å². The Labute approximate surface area is 145 Å². The van der Waals surface area contributed by atoms with Crippen LogP contribution in [0.3, 0.4) is 0 Å². The summed E-state index contributed by atoms with van der Waals surface area (Å²) in [6.07, 6.45) is 7.02. The zero-order valence-corrected chi connectivity index (χ0v) is 14.8. The number of amides is 2. The van der Waals surface area contributed by atoms with Gasteiger partial charge in [0.05, 0.1) is 19.8 Å². The number of hydrogen-bond acceptors (Lipinski definition) is 4. The fraction of sp³-hybridized carbons (Fsp3) is 0.889. The van der Waals surface area contributed by atoms with Crippen LogP contribution in [-0.4, -0.2) is 85.5 Å². The molecule has 3 rings (SSSR count). The normalized spacial score (nSPS) is 24.2. The molecule has 0 aromatic heterocycles. The van der Waals surface area contributed by atoms with Crippen LogP contribution >= 0.6 is 0 Å². The highest BCUT2D eigenvalue weighted by Gasteiger charge is 2.27. The maximum Gasteiger partial charge on any atom is 0.236 e. The standard InChI is InChI=1S/C18H31N3O3/c22-17(14-16-4-2-1-3-5-16)20-6-8-21(9-7-20)18(23)15-19-10-12-24-13-11-19/h16H,1-15H2. The van der Waals surface area contributed by atoms with Gasteiger partial charge in [-0.15, -0.1) is 0 Å². The molecule has 0 N–H and O–H groups in total. The Bertz CT molecular complexity index is 383. The molecule has 136 valence electrons. The Morgan fingerprint density at radius 2 is 1.38 bits per heavy atom. The van der Waals surface area contributed by atoms with Crippen LogP contribution in [0.1, 0.15) is 38.5 Å². The first-order chi connectivity index (χ1) is 11.7. The molecular formula is C18H31N3O3. The van der Waals surface area contributed by atoms with E-state index < -0.39 is 0 Å². The largest absolute Gasteiger partial charge is 0.379 e. The fourth-order valence-corrected chi connectivity index (χ4v) is 4.02.